The molecule has 1 fully saturated rings. The molecule has 0 aliphatic heterocycles. The Morgan fingerprint density at radius 1 is 1.10 bits per heavy atom. The van der Waals surface area contributed by atoms with E-state index in [1.54, 1.807) is 0 Å². The van der Waals surface area contributed by atoms with Crippen LogP contribution in [0.4, 0.5) is 4.79 Å². The Balaban J connectivity index is 1.11. The van der Waals surface area contributed by atoms with Gasteiger partial charge in [0.2, 0.25) is 0 Å². The molecular weight excluding hydrogens is 408 g/mol. The van der Waals surface area contributed by atoms with Crippen LogP contribution in [0.1, 0.15) is 41.6 Å². The summed E-state index contributed by atoms with van der Waals surface area (Å²) in [7, 11) is 0. The summed E-state index contributed by atoms with van der Waals surface area (Å²) in [5.41, 5.74) is 5.76. The van der Waals surface area contributed by atoms with Gasteiger partial charge < -0.3 is 10.1 Å². The van der Waals surface area contributed by atoms with Crippen molar-refractivity contribution in [1.29, 1.82) is 0 Å². The van der Waals surface area contributed by atoms with Crippen LogP contribution >= 0.6 is 12.6 Å². The number of ether oxygens (including phenoxy) is 1. The van der Waals surface area contributed by atoms with Crippen LogP contribution in [-0.4, -0.2) is 40.0 Å². The Bertz CT molecular complexity index is 1030. The maximum absolute atomic E-state index is 12.3. The number of hydrogen-bond donors (Lipinski definition) is 2. The summed E-state index contributed by atoms with van der Waals surface area (Å²) >= 11 is 4.35. The molecular formula is C24H26N4O2S. The van der Waals surface area contributed by atoms with Crippen molar-refractivity contribution in [3.63, 3.8) is 0 Å². The molecule has 160 valence electrons. The van der Waals surface area contributed by atoms with Gasteiger partial charge in [-0.2, -0.15) is 12.6 Å². The van der Waals surface area contributed by atoms with Crippen LogP contribution in [0.3, 0.4) is 0 Å². The van der Waals surface area contributed by atoms with Crippen molar-refractivity contribution in [3.8, 4) is 11.1 Å². The lowest BCUT2D eigenvalue weighted by Crippen LogP contribution is -2.28. The number of hydrogen-bond acceptors (Lipinski definition) is 5. The largest absolute Gasteiger partial charge is 0.449 e. The average molecular weight is 435 g/mol. The number of aromatic nitrogens is 3. The second kappa shape index (κ2) is 8.75. The minimum absolute atomic E-state index is 0.0709. The number of carbonyl (C=O) groups is 1. The first-order valence-electron chi connectivity index (χ1n) is 10.8. The van der Waals surface area contributed by atoms with Crippen molar-refractivity contribution in [2.24, 2.45) is 5.92 Å². The molecule has 2 aromatic carbocycles. The number of rotatable bonds is 7. The van der Waals surface area contributed by atoms with Gasteiger partial charge in [-0.25, -0.2) is 9.48 Å². The van der Waals surface area contributed by atoms with Crippen molar-refractivity contribution in [2.45, 2.75) is 31.2 Å². The highest BCUT2D eigenvalue weighted by atomic mass is 32.1. The van der Waals surface area contributed by atoms with Gasteiger partial charge in [0, 0.05) is 25.1 Å². The van der Waals surface area contributed by atoms with Crippen LogP contribution < -0.4 is 5.32 Å². The molecule has 1 aromatic heterocycles. The number of nitrogens with one attached hydrogen (secondary N) is 1. The Morgan fingerprint density at radius 3 is 2.45 bits per heavy atom. The van der Waals surface area contributed by atoms with E-state index in [0.717, 1.165) is 24.3 Å². The minimum atomic E-state index is -0.398. The van der Waals surface area contributed by atoms with Crippen LogP contribution in [-0.2, 0) is 11.2 Å². The van der Waals surface area contributed by atoms with Crippen molar-refractivity contribution in [1.82, 2.24) is 20.3 Å². The predicted molar refractivity (Wildman–Crippen MR) is 122 cm³/mol. The van der Waals surface area contributed by atoms with Gasteiger partial charge in [0.1, 0.15) is 6.61 Å². The third-order valence-corrected chi connectivity index (χ3v) is 6.91. The lowest BCUT2D eigenvalue weighted by atomic mass is 9.82. The third kappa shape index (κ3) is 4.06. The maximum Gasteiger partial charge on any atom is 0.407 e. The van der Waals surface area contributed by atoms with E-state index in [1.807, 2.05) is 35.1 Å². The number of amides is 1. The molecule has 0 unspecified atom stereocenters. The number of carbonyl (C=O) groups excluding carboxylic acids is 1. The van der Waals surface area contributed by atoms with Gasteiger partial charge >= 0.3 is 6.09 Å². The van der Waals surface area contributed by atoms with Gasteiger partial charge in [-0.15, -0.1) is 5.10 Å². The van der Waals surface area contributed by atoms with Crippen molar-refractivity contribution >= 4 is 18.7 Å². The molecule has 0 saturated heterocycles. The zero-order chi connectivity index (χ0) is 21.2. The van der Waals surface area contributed by atoms with Crippen LogP contribution in [0.5, 0.6) is 0 Å². The molecule has 6 nitrogen and oxygen atoms in total. The van der Waals surface area contributed by atoms with Crippen molar-refractivity contribution in [2.75, 3.05) is 18.9 Å². The molecule has 0 bridgehead atoms. The normalized spacial score (nSPS) is 19.4. The number of nitrogens with zero attached hydrogens (tertiary/aromatic N) is 3. The van der Waals surface area contributed by atoms with Crippen LogP contribution in [0, 0.1) is 5.92 Å². The van der Waals surface area contributed by atoms with Gasteiger partial charge in [-0.05, 0) is 46.8 Å². The molecule has 2 aliphatic rings. The summed E-state index contributed by atoms with van der Waals surface area (Å²) in [5, 5.41) is 11.3. The second-order valence-electron chi connectivity index (χ2n) is 8.37. The summed E-state index contributed by atoms with van der Waals surface area (Å²) in [6.45, 7) is 0.795. The molecule has 7 heteroatoms. The first-order chi connectivity index (χ1) is 15.2. The highest BCUT2D eigenvalue weighted by Gasteiger charge is 2.30. The molecule has 0 radical (unpaired) electrons. The smallest absolute Gasteiger partial charge is 0.407 e. The molecule has 5 rings (SSSR count). The van der Waals surface area contributed by atoms with Crippen LogP contribution in [0.2, 0.25) is 0 Å². The van der Waals surface area contributed by atoms with E-state index >= 15 is 0 Å². The van der Waals surface area contributed by atoms with E-state index in [4.69, 9.17) is 4.74 Å². The topological polar surface area (TPSA) is 69.0 Å². The van der Waals surface area contributed by atoms with Crippen LogP contribution in [0.15, 0.2) is 54.7 Å². The van der Waals surface area contributed by atoms with E-state index in [9.17, 15) is 4.79 Å². The van der Waals surface area contributed by atoms with Crippen LogP contribution in [0.25, 0.3) is 11.1 Å². The van der Waals surface area contributed by atoms with E-state index in [0.29, 0.717) is 31.5 Å². The number of thiol groups is 1. The molecule has 0 spiro atoms. The molecule has 31 heavy (non-hydrogen) atoms. The van der Waals surface area contributed by atoms with Gasteiger partial charge in [-0.3, -0.25) is 0 Å². The molecule has 0 atom stereocenters. The second-order valence-corrected chi connectivity index (χ2v) is 8.73. The van der Waals surface area contributed by atoms with Crippen molar-refractivity contribution < 1.29 is 9.53 Å². The Morgan fingerprint density at radius 2 is 1.77 bits per heavy atom. The summed E-state index contributed by atoms with van der Waals surface area (Å²) in [6, 6.07) is 17.1. The van der Waals surface area contributed by atoms with E-state index in [1.165, 1.54) is 22.3 Å². The zero-order valence-electron chi connectivity index (χ0n) is 17.3. The first-order valence-corrected chi connectivity index (χ1v) is 11.5. The minimum Gasteiger partial charge on any atom is -0.449 e. The van der Waals surface area contributed by atoms with Gasteiger partial charge in [0.05, 0.1) is 11.7 Å². The molecule has 1 saturated carbocycles. The average Bonchev–Trinajstić information content (AvgIpc) is 3.34. The summed E-state index contributed by atoms with van der Waals surface area (Å²) in [4.78, 5) is 12.3. The Kier molecular flexibility index (Phi) is 5.68. The number of benzene rings is 2. The monoisotopic (exact) mass is 434 g/mol. The highest BCUT2D eigenvalue weighted by molar-refractivity contribution is 7.80. The van der Waals surface area contributed by atoms with E-state index in [2.05, 4.69) is 52.5 Å². The van der Waals surface area contributed by atoms with E-state index < -0.39 is 6.09 Å². The number of fused-ring (bicyclic) bond motifs is 3. The summed E-state index contributed by atoms with van der Waals surface area (Å²) in [6.07, 6.45) is 4.45. The summed E-state index contributed by atoms with van der Waals surface area (Å²) < 4.78 is 7.52. The lowest BCUT2D eigenvalue weighted by Gasteiger charge is -2.33. The fourth-order valence-corrected chi connectivity index (χ4v) is 4.91. The molecule has 1 heterocycles. The lowest BCUT2D eigenvalue weighted by molar-refractivity contribution is 0.143. The molecule has 1 amide bonds. The SMILES string of the molecule is O=C(NCCc1cn(C2CC(CS)C2)nn1)OCC1c2ccccc2-c2ccccc21. The van der Waals surface area contributed by atoms with Crippen molar-refractivity contribution in [3.05, 3.63) is 71.5 Å². The predicted octanol–water partition coefficient (Wildman–Crippen LogP) is 4.24. The maximum atomic E-state index is 12.3. The fraction of sp³-hybridized carbons (Fsp3) is 0.375. The molecule has 1 N–H and O–H groups in total. The van der Waals surface area contributed by atoms with Gasteiger partial charge in [0.25, 0.3) is 0 Å². The standard InChI is InChI=1S/C24H26N4O2S/c29-24(25-10-9-17-13-28(27-26-17)18-11-16(12-18)15-31)30-14-23-21-7-3-1-5-19(21)20-6-2-4-8-22(20)23/h1-8,13,16,18,23,31H,9-12,14-15H2,(H,25,29). The highest BCUT2D eigenvalue weighted by Crippen LogP contribution is 2.44. The van der Waals surface area contributed by atoms with E-state index in [-0.39, 0.29) is 5.92 Å². The Labute approximate surface area is 187 Å². The molecule has 2 aliphatic carbocycles. The molecule has 3 aromatic rings. The van der Waals surface area contributed by atoms with Gasteiger partial charge in [0.15, 0.2) is 0 Å². The first kappa shape index (κ1) is 20.1. The quantitative estimate of drug-likeness (QED) is 0.546. The summed E-state index contributed by atoms with van der Waals surface area (Å²) in [5.74, 6) is 1.69. The fourth-order valence-electron chi connectivity index (χ4n) is 4.61. The number of alkyl carbamates (subject to hydrolysis) is 1. The third-order valence-electron chi connectivity index (χ3n) is 6.40. The Hall–Kier alpha value is -2.80. The van der Waals surface area contributed by atoms with Gasteiger partial charge in [-0.1, -0.05) is 53.7 Å². The zero-order valence-corrected chi connectivity index (χ0v) is 18.2.